The molecule has 2 aromatic carbocycles. The molecule has 27 heavy (non-hydrogen) atoms. The van der Waals surface area contributed by atoms with Gasteiger partial charge in [-0.1, -0.05) is 29.8 Å². The Morgan fingerprint density at radius 2 is 1.93 bits per heavy atom. The van der Waals surface area contributed by atoms with Crippen molar-refractivity contribution >= 4 is 32.7 Å². The molecule has 7 nitrogen and oxygen atoms in total. The first-order valence-electron chi connectivity index (χ1n) is 8.21. The molecule has 0 radical (unpaired) electrons. The van der Waals surface area contributed by atoms with Crippen LogP contribution >= 0.6 is 11.6 Å². The van der Waals surface area contributed by atoms with Crippen molar-refractivity contribution in [2.24, 2.45) is 7.05 Å². The molecule has 1 N–H and O–H groups in total. The van der Waals surface area contributed by atoms with Gasteiger partial charge in [0, 0.05) is 30.7 Å². The largest absolute Gasteiger partial charge is 0.419 e. The smallest absolute Gasteiger partial charge is 0.408 e. The van der Waals surface area contributed by atoms with Crippen LogP contribution in [0.2, 0.25) is 5.02 Å². The highest BCUT2D eigenvalue weighted by molar-refractivity contribution is 7.89. The summed E-state index contributed by atoms with van der Waals surface area (Å²) in [6.07, 6.45) is 0. The number of oxazole rings is 1. The SMILES string of the molecule is CN(C)C(CNS(=O)(=O)c1ccc2c(c1)oc(=O)n2C)c1ccccc1Cl. The monoisotopic (exact) mass is 409 g/mol. The fraction of sp³-hybridized carbons (Fsp3) is 0.278. The van der Waals surface area contributed by atoms with Crippen LogP contribution in [0.15, 0.2) is 56.6 Å². The predicted octanol–water partition coefficient (Wildman–Crippen LogP) is 2.37. The van der Waals surface area contributed by atoms with Crippen LogP contribution in [0, 0.1) is 0 Å². The second kappa shape index (κ2) is 7.47. The number of sulfonamides is 1. The molecule has 1 atom stereocenters. The molecule has 0 aliphatic rings. The average molecular weight is 410 g/mol. The highest BCUT2D eigenvalue weighted by Gasteiger charge is 2.22. The molecule has 1 heterocycles. The molecule has 1 unspecified atom stereocenters. The Morgan fingerprint density at radius 3 is 2.59 bits per heavy atom. The summed E-state index contributed by atoms with van der Waals surface area (Å²) in [6, 6.07) is 11.4. The Labute approximate surface area is 162 Å². The summed E-state index contributed by atoms with van der Waals surface area (Å²) in [6.45, 7) is 0.135. The van der Waals surface area contributed by atoms with Gasteiger partial charge in [0.15, 0.2) is 5.58 Å². The van der Waals surface area contributed by atoms with Gasteiger partial charge in [-0.3, -0.25) is 4.57 Å². The third-order valence-electron chi connectivity index (χ3n) is 4.43. The lowest BCUT2D eigenvalue weighted by Crippen LogP contribution is -2.34. The van der Waals surface area contributed by atoms with Crippen molar-refractivity contribution in [1.82, 2.24) is 14.2 Å². The van der Waals surface area contributed by atoms with Crippen molar-refractivity contribution in [3.63, 3.8) is 0 Å². The Morgan fingerprint density at radius 1 is 1.22 bits per heavy atom. The number of hydrogen-bond donors (Lipinski definition) is 1. The van der Waals surface area contributed by atoms with Gasteiger partial charge in [0.2, 0.25) is 10.0 Å². The first-order chi connectivity index (χ1) is 12.7. The molecule has 9 heteroatoms. The highest BCUT2D eigenvalue weighted by atomic mass is 35.5. The van der Waals surface area contributed by atoms with Gasteiger partial charge >= 0.3 is 5.76 Å². The number of aryl methyl sites for hydroxylation is 1. The van der Waals surface area contributed by atoms with Crippen LogP contribution in [0.25, 0.3) is 11.1 Å². The summed E-state index contributed by atoms with van der Waals surface area (Å²) in [7, 11) is 1.47. The van der Waals surface area contributed by atoms with E-state index in [1.807, 2.05) is 37.2 Å². The Balaban J connectivity index is 1.87. The third kappa shape index (κ3) is 3.93. The summed E-state index contributed by atoms with van der Waals surface area (Å²) in [5.41, 5.74) is 1.58. The Kier molecular flexibility index (Phi) is 5.43. The molecule has 0 aliphatic heterocycles. The van der Waals surface area contributed by atoms with Crippen molar-refractivity contribution < 1.29 is 12.8 Å². The quantitative estimate of drug-likeness (QED) is 0.675. The number of likely N-dealkylation sites (N-methyl/N-ethyl adjacent to an activating group) is 1. The van der Waals surface area contributed by atoms with E-state index in [-0.39, 0.29) is 23.1 Å². The van der Waals surface area contributed by atoms with Crippen molar-refractivity contribution in [2.75, 3.05) is 20.6 Å². The number of nitrogens with one attached hydrogen (secondary N) is 1. The van der Waals surface area contributed by atoms with Crippen LogP contribution in [0.5, 0.6) is 0 Å². The molecule has 3 aromatic rings. The standard InChI is InChI=1S/C18H20ClN3O4S/c1-21(2)16(13-6-4-5-7-14(13)19)11-20-27(24,25)12-8-9-15-17(10-12)26-18(23)22(15)3/h4-10,16,20H,11H2,1-3H3. The van der Waals surface area contributed by atoms with Gasteiger partial charge in [-0.25, -0.2) is 17.9 Å². The van der Waals surface area contributed by atoms with E-state index in [0.717, 1.165) is 5.56 Å². The van der Waals surface area contributed by atoms with E-state index in [1.165, 1.54) is 16.7 Å². The van der Waals surface area contributed by atoms with Crippen LogP contribution in [0.3, 0.4) is 0 Å². The van der Waals surface area contributed by atoms with Crippen molar-refractivity contribution in [1.29, 1.82) is 0 Å². The molecule has 0 saturated heterocycles. The number of hydrogen-bond acceptors (Lipinski definition) is 5. The van der Waals surface area contributed by atoms with Crippen molar-refractivity contribution in [3.05, 3.63) is 63.6 Å². The molecule has 0 aliphatic carbocycles. The molecule has 0 spiro atoms. The maximum absolute atomic E-state index is 12.7. The molecular formula is C18H20ClN3O4S. The first kappa shape index (κ1) is 19.6. The lowest BCUT2D eigenvalue weighted by atomic mass is 10.1. The minimum Gasteiger partial charge on any atom is -0.408 e. The van der Waals surface area contributed by atoms with Gasteiger partial charge in [-0.15, -0.1) is 0 Å². The number of halogens is 1. The molecule has 0 saturated carbocycles. The van der Waals surface area contributed by atoms with Crippen molar-refractivity contribution in [2.45, 2.75) is 10.9 Å². The highest BCUT2D eigenvalue weighted by Crippen LogP contribution is 2.26. The van der Waals surface area contributed by atoms with Gasteiger partial charge in [0.05, 0.1) is 10.4 Å². The molecule has 0 amide bonds. The molecule has 0 bridgehead atoms. The summed E-state index contributed by atoms with van der Waals surface area (Å²) < 4.78 is 34.4. The van der Waals surface area contributed by atoms with E-state index < -0.39 is 15.8 Å². The number of benzene rings is 2. The van der Waals surface area contributed by atoms with E-state index in [4.69, 9.17) is 16.0 Å². The second-order valence-electron chi connectivity index (χ2n) is 6.41. The minimum atomic E-state index is -3.80. The molecule has 144 valence electrons. The Hall–Kier alpha value is -2.13. The van der Waals surface area contributed by atoms with Gasteiger partial charge in [-0.05, 0) is 37.9 Å². The van der Waals surface area contributed by atoms with E-state index in [0.29, 0.717) is 10.5 Å². The zero-order valence-corrected chi connectivity index (χ0v) is 16.7. The Bertz CT molecular complexity index is 1130. The van der Waals surface area contributed by atoms with Gasteiger partial charge in [0.25, 0.3) is 0 Å². The third-order valence-corrected chi connectivity index (χ3v) is 6.19. The summed E-state index contributed by atoms with van der Waals surface area (Å²) >= 11 is 6.26. The second-order valence-corrected chi connectivity index (χ2v) is 8.58. The summed E-state index contributed by atoms with van der Waals surface area (Å²) in [5, 5.41) is 0.572. The number of rotatable bonds is 6. The molecular weight excluding hydrogens is 390 g/mol. The normalized spacial score (nSPS) is 13.4. The molecule has 3 rings (SSSR count). The average Bonchev–Trinajstić information content (AvgIpc) is 2.90. The summed E-state index contributed by atoms with van der Waals surface area (Å²) in [5.74, 6) is -0.543. The van der Waals surface area contributed by atoms with E-state index in [2.05, 4.69) is 4.72 Å². The molecule has 0 fully saturated rings. The van der Waals surface area contributed by atoms with Gasteiger partial charge in [-0.2, -0.15) is 0 Å². The number of nitrogens with zero attached hydrogens (tertiary/aromatic N) is 2. The summed E-state index contributed by atoms with van der Waals surface area (Å²) in [4.78, 5) is 13.5. The number of fused-ring (bicyclic) bond motifs is 1. The zero-order valence-electron chi connectivity index (χ0n) is 15.1. The first-order valence-corrected chi connectivity index (χ1v) is 10.1. The maximum Gasteiger partial charge on any atom is 0.419 e. The van der Waals surface area contributed by atoms with Gasteiger partial charge in [0.1, 0.15) is 0 Å². The lowest BCUT2D eigenvalue weighted by Gasteiger charge is -2.26. The van der Waals surface area contributed by atoms with Crippen LogP contribution in [-0.2, 0) is 17.1 Å². The van der Waals surface area contributed by atoms with E-state index in [1.54, 1.807) is 19.2 Å². The van der Waals surface area contributed by atoms with E-state index >= 15 is 0 Å². The van der Waals surface area contributed by atoms with Crippen LogP contribution in [-0.4, -0.2) is 38.5 Å². The molecule has 1 aromatic heterocycles. The van der Waals surface area contributed by atoms with Crippen LogP contribution in [0.1, 0.15) is 11.6 Å². The maximum atomic E-state index is 12.7. The fourth-order valence-corrected chi connectivity index (χ4v) is 4.18. The van der Waals surface area contributed by atoms with Crippen LogP contribution in [0.4, 0.5) is 0 Å². The topological polar surface area (TPSA) is 84.6 Å². The van der Waals surface area contributed by atoms with E-state index in [9.17, 15) is 13.2 Å². The zero-order chi connectivity index (χ0) is 19.8. The number of aromatic nitrogens is 1. The van der Waals surface area contributed by atoms with Crippen molar-refractivity contribution in [3.8, 4) is 0 Å². The minimum absolute atomic E-state index is 0.0287. The fourth-order valence-electron chi connectivity index (χ4n) is 2.87. The predicted molar refractivity (Wildman–Crippen MR) is 105 cm³/mol. The lowest BCUT2D eigenvalue weighted by molar-refractivity contribution is 0.299. The van der Waals surface area contributed by atoms with Crippen LogP contribution < -0.4 is 10.5 Å². The van der Waals surface area contributed by atoms with Gasteiger partial charge < -0.3 is 9.32 Å².